The summed E-state index contributed by atoms with van der Waals surface area (Å²) < 4.78 is 78.3. The molecule has 0 saturated heterocycles. The maximum atomic E-state index is 14.1. The molecule has 0 radical (unpaired) electrons. The molecule has 0 spiro atoms. The minimum atomic E-state index is -1.30. The lowest BCUT2D eigenvalue weighted by Crippen LogP contribution is -2.39. The van der Waals surface area contributed by atoms with Crippen LogP contribution in [0, 0.1) is 71.2 Å². The van der Waals surface area contributed by atoms with E-state index in [2.05, 4.69) is 15.0 Å². The highest BCUT2D eigenvalue weighted by Gasteiger charge is 2.33. The number of halogens is 4. The van der Waals surface area contributed by atoms with Crippen molar-refractivity contribution in [1.29, 1.82) is 0 Å². The smallest absolute Gasteiger partial charge is 0.251 e. The van der Waals surface area contributed by atoms with Crippen molar-refractivity contribution in [3.63, 3.8) is 0 Å². The minimum Gasteiger partial charge on any atom is -0.485 e. The van der Waals surface area contributed by atoms with E-state index in [0.29, 0.717) is 45.4 Å². The Labute approximate surface area is 398 Å². The summed E-state index contributed by atoms with van der Waals surface area (Å²) >= 11 is 0. The molecule has 0 saturated carbocycles. The minimum absolute atomic E-state index is 0.0745. The van der Waals surface area contributed by atoms with Crippen LogP contribution in [0.2, 0.25) is 0 Å². The van der Waals surface area contributed by atoms with Gasteiger partial charge in [0.05, 0.1) is 40.4 Å². The van der Waals surface area contributed by atoms with Crippen molar-refractivity contribution in [2.24, 2.45) is 0 Å². The molecule has 6 heterocycles. The van der Waals surface area contributed by atoms with Crippen LogP contribution in [0.25, 0.3) is 33.8 Å². The van der Waals surface area contributed by atoms with E-state index in [9.17, 15) is 42.6 Å². The Morgan fingerprint density at radius 2 is 1.09 bits per heavy atom. The van der Waals surface area contributed by atoms with E-state index in [-0.39, 0.29) is 48.9 Å². The van der Waals surface area contributed by atoms with Gasteiger partial charge in [-0.25, -0.2) is 32.5 Å². The lowest BCUT2D eigenvalue weighted by molar-refractivity contribution is -0.563. The zero-order valence-corrected chi connectivity index (χ0v) is 39.4. The molecule has 8 aromatic rings. The number of aryl methyl sites for hydroxylation is 4. The van der Waals surface area contributed by atoms with Crippen molar-refractivity contribution < 1.29 is 41.6 Å². The number of ether oxygens (including phenoxy) is 3. The van der Waals surface area contributed by atoms with E-state index < -0.39 is 44.2 Å². The Morgan fingerprint density at radius 1 is 0.629 bits per heavy atom. The van der Waals surface area contributed by atoms with Crippen LogP contribution in [-0.2, 0) is 19.8 Å². The number of imidazole rings is 2. The Morgan fingerprint density at radius 3 is 1.53 bits per heavy atom. The molecule has 70 heavy (non-hydrogen) atoms. The van der Waals surface area contributed by atoms with Crippen molar-refractivity contribution in [3.05, 3.63) is 185 Å². The van der Waals surface area contributed by atoms with Crippen LogP contribution in [-0.4, -0.2) is 55.9 Å². The predicted octanol–water partition coefficient (Wildman–Crippen LogP) is 10.00. The summed E-state index contributed by atoms with van der Waals surface area (Å²) in [5.41, 5.74) is 3.25. The van der Waals surface area contributed by atoms with Gasteiger partial charge >= 0.3 is 0 Å². The summed E-state index contributed by atoms with van der Waals surface area (Å²) in [6.07, 6.45) is 6.77. The maximum Gasteiger partial charge on any atom is 0.251 e. The van der Waals surface area contributed by atoms with Gasteiger partial charge in [0, 0.05) is 85.6 Å². The van der Waals surface area contributed by atoms with Gasteiger partial charge in [-0.1, -0.05) is 12.1 Å². The van der Waals surface area contributed by atoms with Gasteiger partial charge < -0.3 is 18.8 Å². The largest absolute Gasteiger partial charge is 0.485 e. The maximum absolute atomic E-state index is 14.1. The van der Waals surface area contributed by atoms with Gasteiger partial charge in [0.1, 0.15) is 36.5 Å². The second-order valence-electron chi connectivity index (χ2n) is 17.9. The normalized spacial score (nSPS) is 11.7. The molecule has 6 aromatic heterocycles. The highest BCUT2D eigenvalue weighted by atomic mass is 19.1. The number of fused-ring (bicyclic) bond motifs is 2. The molecule has 0 bridgehead atoms. The third kappa shape index (κ3) is 10.6. The van der Waals surface area contributed by atoms with E-state index in [4.69, 9.17) is 14.2 Å². The zero-order chi connectivity index (χ0) is 50.8. The highest BCUT2D eigenvalue weighted by Crippen LogP contribution is 2.33. The molecule has 16 nitrogen and oxygen atoms in total. The number of hydrogen-bond acceptors (Lipinski definition) is 11. The summed E-state index contributed by atoms with van der Waals surface area (Å²) in [7, 11) is 0. The Kier molecular flexibility index (Phi) is 14.1. The fourth-order valence-corrected chi connectivity index (χ4v) is 7.46. The molecule has 20 heteroatoms. The third-order valence-corrected chi connectivity index (χ3v) is 11.3. The molecule has 0 aliphatic heterocycles. The molecule has 0 atom stereocenters. The number of aromatic nitrogens is 6. The molecular weight excluding hydrogens is 917 g/mol. The van der Waals surface area contributed by atoms with Gasteiger partial charge in [0.15, 0.2) is 29.4 Å². The molecule has 0 amide bonds. The molecule has 2 aromatic carbocycles. The third-order valence-electron chi connectivity index (χ3n) is 11.3. The Balaban J connectivity index is 0.000000206. The van der Waals surface area contributed by atoms with Crippen LogP contribution < -0.4 is 19.8 Å². The zero-order valence-electron chi connectivity index (χ0n) is 39.4. The van der Waals surface area contributed by atoms with E-state index in [1.807, 2.05) is 37.6 Å². The van der Waals surface area contributed by atoms with Gasteiger partial charge in [-0.05, 0) is 87.4 Å². The molecule has 0 unspecified atom stereocenters. The SMILES string of the molecule is Cc1cc(OCc2c(F)cccc2F)c2nc(C)c(-c3ccn(CC(C)(C)[N+](=O)[O-])c(=O)c3)n2c1.Cc1cc(OCc2c(F)cccc2F)c2nc(C)c(-c3ccnc(OCC(C)(C)[N+](=O)[O-])c3)n2c1. The van der Waals surface area contributed by atoms with Gasteiger partial charge in [0.25, 0.3) is 5.56 Å². The lowest BCUT2D eigenvalue weighted by Gasteiger charge is -2.17. The molecule has 364 valence electrons. The summed E-state index contributed by atoms with van der Waals surface area (Å²) in [6.45, 7) is 12.3. The number of benzene rings is 2. The number of hydrogen-bond donors (Lipinski definition) is 0. The molecule has 0 N–H and O–H groups in total. The summed E-state index contributed by atoms with van der Waals surface area (Å²) in [4.78, 5) is 47.7. The molecular formula is C50H48F4N8O8. The van der Waals surface area contributed by atoms with Crippen LogP contribution in [0.3, 0.4) is 0 Å². The van der Waals surface area contributed by atoms with Crippen LogP contribution >= 0.6 is 0 Å². The number of nitro groups is 2. The molecule has 0 fully saturated rings. The van der Waals surface area contributed by atoms with Crippen molar-refractivity contribution >= 4 is 11.3 Å². The van der Waals surface area contributed by atoms with Crippen LogP contribution in [0.1, 0.15) is 61.3 Å². The average molecular weight is 965 g/mol. The first-order valence-electron chi connectivity index (χ1n) is 21.7. The first-order valence-corrected chi connectivity index (χ1v) is 21.7. The second-order valence-corrected chi connectivity index (χ2v) is 17.9. The summed E-state index contributed by atoms with van der Waals surface area (Å²) in [6, 6.07) is 17.3. The number of nitrogens with zero attached hydrogens (tertiary/aromatic N) is 8. The standard InChI is InChI=1S/2C25H24F2N4O4/c1-15-10-21(35-13-18-19(26)6-5-7-20(18)27)24-28-16(2)23(30(24)12-15)17-8-9-29(22(32)11-17)14-25(3,4)31(33)34;1-15-10-21(34-13-18-19(26)6-5-7-20(18)27)24-29-16(2)23(30(24)12-15)17-8-9-28-22(11-17)35-14-25(3,4)31(32)33/h2*5-12H,13-14H2,1-4H3. The van der Waals surface area contributed by atoms with Gasteiger partial charge in [-0.3, -0.25) is 33.8 Å². The van der Waals surface area contributed by atoms with Crippen LogP contribution in [0.15, 0.2) is 102 Å². The Bertz CT molecular complexity index is 3330. The van der Waals surface area contributed by atoms with E-state index in [0.717, 1.165) is 22.4 Å². The molecule has 0 aliphatic carbocycles. The van der Waals surface area contributed by atoms with Crippen molar-refractivity contribution in [2.75, 3.05) is 6.61 Å². The molecule has 8 rings (SSSR count). The lowest BCUT2D eigenvalue weighted by atomic mass is 10.1. The average Bonchev–Trinajstić information content (AvgIpc) is 3.80. The van der Waals surface area contributed by atoms with E-state index in [1.165, 1.54) is 80.9 Å². The fourth-order valence-electron chi connectivity index (χ4n) is 7.46. The van der Waals surface area contributed by atoms with Crippen LogP contribution in [0.5, 0.6) is 17.4 Å². The van der Waals surface area contributed by atoms with E-state index >= 15 is 0 Å². The quantitative estimate of drug-likeness (QED) is 0.0541. The van der Waals surface area contributed by atoms with E-state index in [1.54, 1.807) is 47.9 Å². The highest BCUT2D eigenvalue weighted by molar-refractivity contribution is 5.72. The number of pyridine rings is 4. The summed E-state index contributed by atoms with van der Waals surface area (Å²) in [5.74, 6) is -1.81. The monoisotopic (exact) mass is 964 g/mol. The first-order chi connectivity index (χ1) is 33.0. The van der Waals surface area contributed by atoms with Crippen LogP contribution in [0.4, 0.5) is 17.6 Å². The Hall–Kier alpha value is -8.16. The number of rotatable bonds is 15. The van der Waals surface area contributed by atoms with Crippen molar-refractivity contribution in [2.45, 2.75) is 86.2 Å². The van der Waals surface area contributed by atoms with Gasteiger partial charge in [-0.2, -0.15) is 0 Å². The fraction of sp³-hybridized carbons (Fsp3) is 0.280. The predicted molar refractivity (Wildman–Crippen MR) is 251 cm³/mol. The van der Waals surface area contributed by atoms with Crippen molar-refractivity contribution in [1.82, 2.24) is 28.3 Å². The van der Waals surface area contributed by atoms with Crippen molar-refractivity contribution in [3.8, 4) is 39.9 Å². The van der Waals surface area contributed by atoms with Gasteiger partial charge in [-0.15, -0.1) is 0 Å². The summed E-state index contributed by atoms with van der Waals surface area (Å²) in [5, 5.41) is 22.4. The van der Waals surface area contributed by atoms with Gasteiger partial charge in [0.2, 0.25) is 17.0 Å². The first kappa shape index (κ1) is 49.7. The molecule has 0 aliphatic rings. The second kappa shape index (κ2) is 19.8. The topological polar surface area (TPSA) is 183 Å².